The number of alkyl halides is 3. The molecule has 0 spiro atoms. The van der Waals surface area contributed by atoms with E-state index in [1.54, 1.807) is 30.3 Å². The molecule has 0 bridgehead atoms. The second kappa shape index (κ2) is 8.74. The van der Waals surface area contributed by atoms with Crippen molar-refractivity contribution in [1.29, 1.82) is 0 Å². The van der Waals surface area contributed by atoms with Crippen LogP contribution in [0.5, 0.6) is 11.5 Å². The molecule has 9 heteroatoms. The van der Waals surface area contributed by atoms with Crippen molar-refractivity contribution in [3.05, 3.63) is 78.1 Å². The van der Waals surface area contributed by atoms with E-state index in [9.17, 15) is 13.2 Å². The van der Waals surface area contributed by atoms with Gasteiger partial charge in [-0.1, -0.05) is 24.3 Å². The average molecular weight is 468 g/mol. The van der Waals surface area contributed by atoms with Gasteiger partial charge in [0.15, 0.2) is 11.5 Å². The maximum atomic E-state index is 14.3. The average Bonchev–Trinajstić information content (AvgIpc) is 2.82. The molecule has 3 N–H and O–H groups in total. The zero-order valence-corrected chi connectivity index (χ0v) is 18.8. The first-order valence-corrected chi connectivity index (χ1v) is 10.3. The molecule has 6 nitrogen and oxygen atoms in total. The Labute approximate surface area is 194 Å². The molecule has 0 aliphatic heterocycles. The van der Waals surface area contributed by atoms with Crippen molar-refractivity contribution in [2.75, 3.05) is 25.3 Å². The van der Waals surface area contributed by atoms with E-state index >= 15 is 0 Å². The van der Waals surface area contributed by atoms with Gasteiger partial charge < -0.3 is 20.5 Å². The van der Waals surface area contributed by atoms with Crippen LogP contribution in [0.1, 0.15) is 18.1 Å². The van der Waals surface area contributed by atoms with E-state index in [4.69, 9.17) is 15.2 Å². The van der Waals surface area contributed by atoms with Gasteiger partial charge in [0, 0.05) is 22.8 Å². The molecule has 176 valence electrons. The van der Waals surface area contributed by atoms with E-state index in [0.717, 1.165) is 6.92 Å². The number of nitrogens with zero attached hydrogens (tertiary/aromatic N) is 2. The number of halogens is 3. The highest BCUT2D eigenvalue weighted by molar-refractivity contribution is 5.93. The summed E-state index contributed by atoms with van der Waals surface area (Å²) in [5, 5.41) is 3.82. The first-order valence-electron chi connectivity index (χ1n) is 10.3. The third-order valence-electron chi connectivity index (χ3n) is 5.90. The number of ether oxygens (including phenoxy) is 2. The van der Waals surface area contributed by atoms with Crippen LogP contribution in [-0.2, 0) is 5.41 Å². The van der Waals surface area contributed by atoms with Crippen LogP contribution in [0.25, 0.3) is 10.9 Å². The van der Waals surface area contributed by atoms with E-state index in [0.29, 0.717) is 33.9 Å². The third-order valence-corrected chi connectivity index (χ3v) is 5.90. The molecule has 1 heterocycles. The van der Waals surface area contributed by atoms with Gasteiger partial charge in [0.1, 0.15) is 17.6 Å². The number of hydrogen-bond donors (Lipinski definition) is 2. The number of benzene rings is 3. The maximum absolute atomic E-state index is 14.3. The summed E-state index contributed by atoms with van der Waals surface area (Å²) in [7, 11) is 3.06. The van der Waals surface area contributed by atoms with E-state index < -0.39 is 11.6 Å². The van der Waals surface area contributed by atoms with Crippen LogP contribution < -0.4 is 20.5 Å². The maximum Gasteiger partial charge on any atom is 0.402 e. The summed E-state index contributed by atoms with van der Waals surface area (Å²) in [6.07, 6.45) is -3.14. The summed E-state index contributed by atoms with van der Waals surface area (Å²) in [5.74, 6) is 1.51. The smallest absolute Gasteiger partial charge is 0.402 e. The molecule has 0 radical (unpaired) electrons. The second-order valence-corrected chi connectivity index (χ2v) is 7.90. The SMILES string of the molecule is COc1cc2ncnc(Nc3ccc(C(C)(c4cccc(N)c4)C(F)(F)F)cc3)c2cc1OC. The quantitative estimate of drug-likeness (QED) is 0.346. The first kappa shape index (κ1) is 23.2. The number of fused-ring (bicyclic) bond motifs is 1. The Morgan fingerprint density at radius 3 is 2.15 bits per heavy atom. The van der Waals surface area contributed by atoms with Gasteiger partial charge in [0.05, 0.1) is 19.7 Å². The number of anilines is 3. The van der Waals surface area contributed by atoms with Crippen molar-refractivity contribution in [2.45, 2.75) is 18.5 Å². The normalized spacial score (nSPS) is 13.4. The molecule has 0 fully saturated rings. The molecule has 0 saturated heterocycles. The van der Waals surface area contributed by atoms with E-state index in [1.165, 1.54) is 50.9 Å². The van der Waals surface area contributed by atoms with Crippen LogP contribution in [0, 0.1) is 0 Å². The zero-order chi connectivity index (χ0) is 24.5. The molecule has 1 atom stereocenters. The van der Waals surface area contributed by atoms with E-state index in [1.807, 2.05) is 0 Å². The number of nitrogen functional groups attached to an aromatic ring is 1. The van der Waals surface area contributed by atoms with Gasteiger partial charge in [0.2, 0.25) is 0 Å². The minimum Gasteiger partial charge on any atom is -0.493 e. The molecule has 0 aliphatic carbocycles. The number of aromatic nitrogens is 2. The van der Waals surface area contributed by atoms with Gasteiger partial charge in [-0.15, -0.1) is 0 Å². The summed E-state index contributed by atoms with van der Waals surface area (Å²) in [6.45, 7) is 1.15. The highest BCUT2D eigenvalue weighted by Gasteiger charge is 2.53. The number of nitrogens with two attached hydrogens (primary N) is 1. The Balaban J connectivity index is 1.71. The lowest BCUT2D eigenvalue weighted by atomic mass is 9.75. The summed E-state index contributed by atoms with van der Waals surface area (Å²) in [6, 6.07) is 15.4. The molecular weight excluding hydrogens is 445 g/mol. The van der Waals surface area contributed by atoms with Crippen molar-refractivity contribution in [3.63, 3.8) is 0 Å². The topological polar surface area (TPSA) is 82.3 Å². The molecule has 3 aromatic carbocycles. The van der Waals surface area contributed by atoms with Crippen LogP contribution in [0.15, 0.2) is 67.0 Å². The predicted octanol–water partition coefficient (Wildman–Crippen LogP) is 5.84. The summed E-state index contributed by atoms with van der Waals surface area (Å²) in [4.78, 5) is 8.55. The molecule has 0 aliphatic rings. The van der Waals surface area contributed by atoms with Crippen molar-refractivity contribution < 1.29 is 22.6 Å². The highest BCUT2D eigenvalue weighted by Crippen LogP contribution is 2.46. The fourth-order valence-electron chi connectivity index (χ4n) is 3.85. The number of hydrogen-bond acceptors (Lipinski definition) is 6. The van der Waals surface area contributed by atoms with Crippen molar-refractivity contribution in [3.8, 4) is 11.5 Å². The first-order chi connectivity index (χ1) is 16.2. The van der Waals surface area contributed by atoms with Crippen molar-refractivity contribution in [1.82, 2.24) is 9.97 Å². The molecule has 4 aromatic rings. The standard InChI is InChI=1S/C25H23F3N4O2/c1-24(25(26,27)28,16-5-4-6-17(29)11-16)15-7-9-18(10-8-15)32-23-19-12-21(33-2)22(34-3)13-20(19)30-14-31-23/h4-14H,29H2,1-3H3,(H,30,31,32). The number of nitrogens with one attached hydrogen (secondary N) is 1. The van der Waals surface area contributed by atoms with E-state index in [-0.39, 0.29) is 16.8 Å². The minimum absolute atomic E-state index is 0.0727. The van der Waals surface area contributed by atoms with E-state index in [2.05, 4.69) is 15.3 Å². The second-order valence-electron chi connectivity index (χ2n) is 7.90. The number of methoxy groups -OCH3 is 2. The van der Waals surface area contributed by atoms with Gasteiger partial charge in [-0.3, -0.25) is 0 Å². The lowest BCUT2D eigenvalue weighted by Crippen LogP contribution is -2.40. The molecular formula is C25H23F3N4O2. The largest absolute Gasteiger partial charge is 0.493 e. The fourth-order valence-corrected chi connectivity index (χ4v) is 3.85. The lowest BCUT2D eigenvalue weighted by Gasteiger charge is -2.33. The fraction of sp³-hybridized carbons (Fsp3) is 0.200. The van der Waals surface area contributed by atoms with Crippen LogP contribution in [0.3, 0.4) is 0 Å². The van der Waals surface area contributed by atoms with Crippen molar-refractivity contribution >= 4 is 28.1 Å². The van der Waals surface area contributed by atoms with Gasteiger partial charge in [-0.05, 0) is 48.4 Å². The molecule has 0 saturated carbocycles. The molecule has 4 rings (SSSR count). The van der Waals surface area contributed by atoms with Gasteiger partial charge >= 0.3 is 6.18 Å². The van der Waals surface area contributed by atoms with Gasteiger partial charge in [-0.2, -0.15) is 13.2 Å². The molecule has 1 unspecified atom stereocenters. The lowest BCUT2D eigenvalue weighted by molar-refractivity contribution is -0.173. The minimum atomic E-state index is -4.53. The third kappa shape index (κ3) is 4.05. The molecule has 34 heavy (non-hydrogen) atoms. The highest BCUT2D eigenvalue weighted by atomic mass is 19.4. The molecule has 1 aromatic heterocycles. The Hall–Kier alpha value is -4.01. The summed E-state index contributed by atoms with van der Waals surface area (Å²) < 4.78 is 53.5. The summed E-state index contributed by atoms with van der Waals surface area (Å²) >= 11 is 0. The molecule has 0 amide bonds. The number of rotatable bonds is 6. The Kier molecular flexibility index (Phi) is 5.95. The summed E-state index contributed by atoms with van der Waals surface area (Å²) in [5.41, 5.74) is 5.16. The van der Waals surface area contributed by atoms with Crippen LogP contribution in [-0.4, -0.2) is 30.4 Å². The van der Waals surface area contributed by atoms with Gasteiger partial charge in [0.25, 0.3) is 0 Å². The zero-order valence-electron chi connectivity index (χ0n) is 18.8. The van der Waals surface area contributed by atoms with Crippen LogP contribution in [0.4, 0.5) is 30.4 Å². The Bertz CT molecular complexity index is 1330. The van der Waals surface area contributed by atoms with Crippen molar-refractivity contribution in [2.24, 2.45) is 0 Å². The Morgan fingerprint density at radius 2 is 1.53 bits per heavy atom. The monoisotopic (exact) mass is 468 g/mol. The van der Waals surface area contributed by atoms with Gasteiger partial charge in [-0.25, -0.2) is 9.97 Å². The van der Waals surface area contributed by atoms with Crippen LogP contribution >= 0.6 is 0 Å². The Morgan fingerprint density at radius 1 is 0.853 bits per heavy atom. The predicted molar refractivity (Wildman–Crippen MR) is 126 cm³/mol. The van der Waals surface area contributed by atoms with Crippen LogP contribution in [0.2, 0.25) is 0 Å².